The molecule has 0 aliphatic carbocycles. The van der Waals surface area contributed by atoms with Crippen molar-refractivity contribution >= 4 is 23.1 Å². The number of carbonyl (C=O) groups excluding carboxylic acids is 2. The smallest absolute Gasteiger partial charge is 0.300 e. The van der Waals surface area contributed by atoms with Crippen LogP contribution >= 0.6 is 0 Å². The molecule has 0 saturated carbocycles. The molecule has 1 amide bonds. The van der Waals surface area contributed by atoms with Crippen LogP contribution in [0.1, 0.15) is 40.8 Å². The monoisotopic (exact) mass is 471 g/mol. The molecule has 0 aromatic heterocycles. The second-order valence-electron chi connectivity index (χ2n) is 8.65. The third-order valence-electron chi connectivity index (χ3n) is 6.24. The number of nitrogens with zero attached hydrogens (tertiary/aromatic N) is 1. The van der Waals surface area contributed by atoms with E-state index in [1.165, 1.54) is 4.90 Å². The predicted octanol–water partition coefficient (Wildman–Crippen LogP) is 5.65. The van der Waals surface area contributed by atoms with E-state index in [0.717, 1.165) is 16.7 Å². The van der Waals surface area contributed by atoms with Crippen molar-refractivity contribution in [1.82, 2.24) is 0 Å². The molecule has 1 aliphatic heterocycles. The molecule has 1 N–H and O–H groups in total. The summed E-state index contributed by atoms with van der Waals surface area (Å²) in [5, 5.41) is 11.4. The summed E-state index contributed by atoms with van der Waals surface area (Å²) in [5.41, 5.74) is 4.54. The largest absolute Gasteiger partial charge is 0.507 e. The number of aryl methyl sites for hydroxylation is 3. The summed E-state index contributed by atoms with van der Waals surface area (Å²) in [4.78, 5) is 28.3. The number of anilines is 1. The van der Waals surface area contributed by atoms with Gasteiger partial charge in [-0.15, -0.1) is 0 Å². The van der Waals surface area contributed by atoms with E-state index in [1.807, 2.05) is 58.0 Å². The first-order valence-corrected chi connectivity index (χ1v) is 11.5. The SMILES string of the molecule is CCOc1ccc(/C(O)=C2\C(=O)C(=O)N(c3ccc(C)cc3C)C2c2ccc(OC)cc2)cc1C. The van der Waals surface area contributed by atoms with Gasteiger partial charge in [0.2, 0.25) is 0 Å². The van der Waals surface area contributed by atoms with E-state index >= 15 is 0 Å². The summed E-state index contributed by atoms with van der Waals surface area (Å²) >= 11 is 0. The molecule has 35 heavy (non-hydrogen) atoms. The van der Waals surface area contributed by atoms with Gasteiger partial charge in [0, 0.05) is 11.3 Å². The van der Waals surface area contributed by atoms with Crippen LogP contribution in [0.2, 0.25) is 0 Å². The molecular formula is C29H29NO5. The van der Waals surface area contributed by atoms with Gasteiger partial charge in [-0.2, -0.15) is 0 Å². The number of aliphatic hydroxyl groups is 1. The van der Waals surface area contributed by atoms with Crippen molar-refractivity contribution in [2.75, 3.05) is 18.6 Å². The number of rotatable bonds is 6. The maximum atomic E-state index is 13.4. The van der Waals surface area contributed by atoms with Gasteiger partial charge >= 0.3 is 0 Å². The van der Waals surface area contributed by atoms with Crippen LogP contribution in [0.25, 0.3) is 5.76 Å². The summed E-state index contributed by atoms with van der Waals surface area (Å²) in [7, 11) is 1.57. The van der Waals surface area contributed by atoms with Crippen molar-refractivity contribution in [3.05, 3.63) is 94.1 Å². The number of hydrogen-bond donors (Lipinski definition) is 1. The quantitative estimate of drug-likeness (QED) is 0.286. The number of ketones is 1. The Morgan fingerprint density at radius 2 is 1.66 bits per heavy atom. The fourth-order valence-electron chi connectivity index (χ4n) is 4.53. The predicted molar refractivity (Wildman–Crippen MR) is 136 cm³/mol. The van der Waals surface area contributed by atoms with Gasteiger partial charge in [0.1, 0.15) is 17.3 Å². The van der Waals surface area contributed by atoms with Crippen LogP contribution in [-0.2, 0) is 9.59 Å². The maximum absolute atomic E-state index is 13.4. The van der Waals surface area contributed by atoms with E-state index in [0.29, 0.717) is 34.9 Å². The minimum Gasteiger partial charge on any atom is -0.507 e. The lowest BCUT2D eigenvalue weighted by Crippen LogP contribution is -2.30. The molecule has 0 spiro atoms. The van der Waals surface area contributed by atoms with E-state index in [9.17, 15) is 14.7 Å². The van der Waals surface area contributed by atoms with Gasteiger partial charge in [0.05, 0.1) is 25.3 Å². The van der Waals surface area contributed by atoms with Crippen LogP contribution in [0.15, 0.2) is 66.2 Å². The van der Waals surface area contributed by atoms with Crippen LogP contribution in [-0.4, -0.2) is 30.5 Å². The normalized spacial score (nSPS) is 17.1. The highest BCUT2D eigenvalue weighted by Crippen LogP contribution is 2.43. The van der Waals surface area contributed by atoms with E-state index in [4.69, 9.17) is 9.47 Å². The highest BCUT2D eigenvalue weighted by molar-refractivity contribution is 6.51. The van der Waals surface area contributed by atoms with Gasteiger partial charge in [0.15, 0.2) is 0 Å². The number of carbonyl (C=O) groups is 2. The highest BCUT2D eigenvalue weighted by Gasteiger charge is 2.47. The van der Waals surface area contributed by atoms with Crippen LogP contribution in [0.5, 0.6) is 11.5 Å². The van der Waals surface area contributed by atoms with E-state index in [1.54, 1.807) is 37.4 Å². The number of aliphatic hydroxyl groups excluding tert-OH is 1. The molecule has 0 radical (unpaired) electrons. The Labute approximate surface area is 205 Å². The van der Waals surface area contributed by atoms with Crippen molar-refractivity contribution < 1.29 is 24.2 Å². The molecule has 0 bridgehead atoms. The topological polar surface area (TPSA) is 76.1 Å². The maximum Gasteiger partial charge on any atom is 0.300 e. The molecule has 6 heteroatoms. The van der Waals surface area contributed by atoms with Crippen molar-refractivity contribution in [2.45, 2.75) is 33.7 Å². The molecule has 1 saturated heterocycles. The molecular weight excluding hydrogens is 442 g/mol. The Balaban J connectivity index is 1.92. The third-order valence-corrected chi connectivity index (χ3v) is 6.24. The average molecular weight is 472 g/mol. The molecule has 1 atom stereocenters. The number of hydrogen-bond acceptors (Lipinski definition) is 5. The zero-order valence-electron chi connectivity index (χ0n) is 20.6. The Morgan fingerprint density at radius 3 is 2.26 bits per heavy atom. The van der Waals surface area contributed by atoms with Gasteiger partial charge in [-0.1, -0.05) is 29.8 Å². The van der Waals surface area contributed by atoms with E-state index < -0.39 is 17.7 Å². The number of methoxy groups -OCH3 is 1. The van der Waals surface area contributed by atoms with Crippen LogP contribution in [0.4, 0.5) is 5.69 Å². The molecule has 1 fully saturated rings. The van der Waals surface area contributed by atoms with E-state index in [2.05, 4.69) is 0 Å². The lowest BCUT2D eigenvalue weighted by Gasteiger charge is -2.27. The first kappa shape index (κ1) is 24.1. The summed E-state index contributed by atoms with van der Waals surface area (Å²) in [5.74, 6) is -0.273. The number of benzene rings is 3. The van der Waals surface area contributed by atoms with Gasteiger partial charge < -0.3 is 14.6 Å². The second-order valence-corrected chi connectivity index (χ2v) is 8.65. The lowest BCUT2D eigenvalue weighted by molar-refractivity contribution is -0.132. The fraction of sp³-hybridized carbons (Fsp3) is 0.241. The lowest BCUT2D eigenvalue weighted by atomic mass is 9.94. The average Bonchev–Trinajstić information content (AvgIpc) is 3.10. The fourth-order valence-corrected chi connectivity index (χ4v) is 4.53. The van der Waals surface area contributed by atoms with Gasteiger partial charge in [-0.05, 0) is 80.8 Å². The number of amides is 1. The molecule has 3 aromatic rings. The molecule has 180 valence electrons. The van der Waals surface area contributed by atoms with Crippen molar-refractivity contribution in [1.29, 1.82) is 0 Å². The zero-order chi connectivity index (χ0) is 25.3. The Bertz CT molecular complexity index is 1320. The van der Waals surface area contributed by atoms with Crippen LogP contribution < -0.4 is 14.4 Å². The van der Waals surface area contributed by atoms with Crippen molar-refractivity contribution in [2.24, 2.45) is 0 Å². The van der Waals surface area contributed by atoms with Crippen LogP contribution in [0, 0.1) is 20.8 Å². The van der Waals surface area contributed by atoms with E-state index in [-0.39, 0.29) is 11.3 Å². The van der Waals surface area contributed by atoms with Gasteiger partial charge in [0.25, 0.3) is 11.7 Å². The van der Waals surface area contributed by atoms with Crippen molar-refractivity contribution in [3.8, 4) is 11.5 Å². The standard InChI is InChI=1S/C29H29NO5/c1-6-35-24-14-10-21(16-19(24)4)27(31)25-26(20-8-11-22(34-5)12-9-20)30(29(33)28(25)32)23-13-7-17(2)15-18(23)3/h7-16,26,31H,6H2,1-5H3/b27-25+. The third kappa shape index (κ3) is 4.39. The summed E-state index contributed by atoms with van der Waals surface area (Å²) in [6.45, 7) is 8.17. The Kier molecular flexibility index (Phi) is 6.65. The zero-order valence-corrected chi connectivity index (χ0v) is 20.6. The molecule has 1 aliphatic rings. The van der Waals surface area contributed by atoms with Crippen LogP contribution in [0.3, 0.4) is 0 Å². The number of Topliss-reactive ketones (excluding diaryl/α,β-unsaturated/α-hetero) is 1. The first-order valence-electron chi connectivity index (χ1n) is 11.5. The summed E-state index contributed by atoms with van der Waals surface area (Å²) in [6.07, 6.45) is 0. The molecule has 6 nitrogen and oxygen atoms in total. The van der Waals surface area contributed by atoms with Gasteiger partial charge in [-0.25, -0.2) is 0 Å². The highest BCUT2D eigenvalue weighted by atomic mass is 16.5. The molecule has 1 unspecified atom stereocenters. The van der Waals surface area contributed by atoms with Gasteiger partial charge in [-0.3, -0.25) is 14.5 Å². The molecule has 4 rings (SSSR count). The minimum absolute atomic E-state index is 0.0451. The summed E-state index contributed by atoms with van der Waals surface area (Å²) < 4.78 is 10.9. The first-order chi connectivity index (χ1) is 16.8. The molecule has 1 heterocycles. The Hall–Kier alpha value is -4.06. The Morgan fingerprint density at radius 1 is 0.943 bits per heavy atom. The second kappa shape index (κ2) is 9.66. The summed E-state index contributed by atoms with van der Waals surface area (Å²) in [6, 6.07) is 17.3. The number of ether oxygens (including phenoxy) is 2. The molecule has 3 aromatic carbocycles. The minimum atomic E-state index is -0.797. The van der Waals surface area contributed by atoms with Crippen molar-refractivity contribution in [3.63, 3.8) is 0 Å².